The number of hydrogen-bond donors (Lipinski definition) is 2. The van der Waals surface area contributed by atoms with Crippen LogP contribution in [-0.4, -0.2) is 28.0 Å². The van der Waals surface area contributed by atoms with E-state index in [1.165, 1.54) is 28.8 Å². The highest BCUT2D eigenvalue weighted by Crippen LogP contribution is 2.32. The average molecular weight is 372 g/mol. The van der Waals surface area contributed by atoms with Gasteiger partial charge in [-0.1, -0.05) is 6.07 Å². The molecule has 0 saturated heterocycles. The quantitative estimate of drug-likeness (QED) is 0.738. The molecular weight excluding hydrogens is 354 g/mol. The molecule has 0 bridgehead atoms. The Morgan fingerprint density at radius 2 is 1.93 bits per heavy atom. The van der Waals surface area contributed by atoms with Crippen LogP contribution >= 0.6 is 0 Å². The van der Waals surface area contributed by atoms with Crippen molar-refractivity contribution in [3.63, 3.8) is 0 Å². The first kappa shape index (κ1) is 18.6. The Bertz CT molecular complexity index is 1060. The number of aromatic nitrogens is 1. The molecule has 1 amide bonds. The Labute approximate surface area is 154 Å². The molecule has 0 unspecified atom stereocenters. The summed E-state index contributed by atoms with van der Waals surface area (Å²) in [5.74, 6) is -2.85. The predicted molar refractivity (Wildman–Crippen MR) is 96.8 cm³/mol. The van der Waals surface area contributed by atoms with Gasteiger partial charge < -0.3 is 10.4 Å². The monoisotopic (exact) mass is 372 g/mol. The fourth-order valence-corrected chi connectivity index (χ4v) is 3.14. The van der Waals surface area contributed by atoms with E-state index < -0.39 is 23.3 Å². The van der Waals surface area contributed by atoms with Crippen LogP contribution < -0.4 is 5.32 Å². The fourth-order valence-electron chi connectivity index (χ4n) is 3.14. The summed E-state index contributed by atoms with van der Waals surface area (Å²) in [5, 5.41) is 12.8. The molecule has 0 spiro atoms. The third kappa shape index (κ3) is 3.40. The van der Waals surface area contributed by atoms with Crippen LogP contribution in [-0.2, 0) is 11.2 Å². The summed E-state index contributed by atoms with van der Waals surface area (Å²) in [6.07, 6.45) is -0.0370. The van der Waals surface area contributed by atoms with Gasteiger partial charge in [0.05, 0.1) is 11.9 Å². The first-order chi connectivity index (χ1) is 12.8. The number of carbonyl (C=O) groups excluding carboxylic acids is 2. The van der Waals surface area contributed by atoms with Gasteiger partial charge in [0.25, 0.3) is 5.91 Å². The summed E-state index contributed by atoms with van der Waals surface area (Å²) in [6, 6.07) is 7.41. The van der Waals surface area contributed by atoms with E-state index in [0.29, 0.717) is 23.2 Å². The lowest BCUT2D eigenvalue weighted by Crippen LogP contribution is -2.24. The number of nitrogens with zero attached hydrogens (tertiary/aromatic N) is 1. The van der Waals surface area contributed by atoms with E-state index in [2.05, 4.69) is 5.32 Å². The average Bonchev–Trinajstić information content (AvgIpc) is 2.86. The zero-order valence-electron chi connectivity index (χ0n) is 14.8. The van der Waals surface area contributed by atoms with Gasteiger partial charge >= 0.3 is 0 Å². The first-order valence-electron chi connectivity index (χ1n) is 8.42. The predicted octanol–water partition coefficient (Wildman–Crippen LogP) is 3.30. The largest absolute Gasteiger partial charge is 0.505 e. The van der Waals surface area contributed by atoms with E-state index in [-0.39, 0.29) is 23.4 Å². The van der Waals surface area contributed by atoms with Crippen molar-refractivity contribution in [1.82, 2.24) is 9.88 Å². The highest BCUT2D eigenvalue weighted by Gasteiger charge is 2.23. The fraction of sp³-hybridized carbons (Fsp3) is 0.200. The first-order valence-corrected chi connectivity index (χ1v) is 8.42. The van der Waals surface area contributed by atoms with Gasteiger partial charge in [-0.05, 0) is 43.7 Å². The molecule has 0 aliphatic rings. The van der Waals surface area contributed by atoms with Gasteiger partial charge in [-0.3, -0.25) is 14.2 Å². The molecule has 7 heteroatoms. The van der Waals surface area contributed by atoms with Gasteiger partial charge in [0.15, 0.2) is 11.6 Å². The number of benzene rings is 2. The molecule has 0 saturated carbocycles. The number of hydrogen-bond acceptors (Lipinski definition) is 3. The molecule has 1 heterocycles. The molecule has 3 aromatic rings. The third-order valence-corrected chi connectivity index (χ3v) is 4.39. The summed E-state index contributed by atoms with van der Waals surface area (Å²) in [6.45, 7) is 3.85. The Morgan fingerprint density at radius 3 is 2.59 bits per heavy atom. The summed E-state index contributed by atoms with van der Waals surface area (Å²) in [4.78, 5) is 25.0. The van der Waals surface area contributed by atoms with Crippen LogP contribution in [0.4, 0.5) is 8.78 Å². The molecule has 1 aromatic heterocycles. The summed E-state index contributed by atoms with van der Waals surface area (Å²) in [7, 11) is 0. The standard InChI is InChI=1S/C20H18F2N2O3/c1-3-23-19(26)9-14-11(2)24(17-10-16(22)18(25)8-15(14)17)20(27)12-5-4-6-13(21)7-12/h4-8,10,25H,3,9H2,1-2H3,(H,23,26). The van der Waals surface area contributed by atoms with Crippen molar-refractivity contribution in [1.29, 1.82) is 0 Å². The topological polar surface area (TPSA) is 71.3 Å². The molecule has 0 atom stereocenters. The molecule has 27 heavy (non-hydrogen) atoms. The zero-order chi connectivity index (χ0) is 19.7. The van der Waals surface area contributed by atoms with E-state index in [1.807, 2.05) is 0 Å². The lowest BCUT2D eigenvalue weighted by atomic mass is 10.1. The van der Waals surface area contributed by atoms with Gasteiger partial charge in [-0.25, -0.2) is 8.78 Å². The number of amides is 1. The van der Waals surface area contributed by atoms with Gasteiger partial charge in [-0.15, -0.1) is 0 Å². The number of phenols is 1. The van der Waals surface area contributed by atoms with Crippen LogP contribution in [0.3, 0.4) is 0 Å². The van der Waals surface area contributed by atoms with Gasteiger partial charge in [0.1, 0.15) is 5.82 Å². The molecule has 0 radical (unpaired) electrons. The molecular formula is C20H18F2N2O3. The highest BCUT2D eigenvalue weighted by atomic mass is 19.1. The molecule has 140 valence electrons. The second-order valence-corrected chi connectivity index (χ2v) is 6.17. The second-order valence-electron chi connectivity index (χ2n) is 6.17. The number of nitrogens with one attached hydrogen (secondary N) is 1. The Kier molecular flexibility index (Phi) is 4.94. The molecule has 2 N–H and O–H groups in total. The Balaban J connectivity index is 2.23. The van der Waals surface area contributed by atoms with Crippen molar-refractivity contribution < 1.29 is 23.5 Å². The van der Waals surface area contributed by atoms with Crippen molar-refractivity contribution in [3.8, 4) is 5.75 Å². The Hall–Kier alpha value is -3.22. The molecule has 3 rings (SSSR count). The van der Waals surface area contributed by atoms with E-state index in [0.717, 1.165) is 12.1 Å². The van der Waals surface area contributed by atoms with Crippen molar-refractivity contribution in [3.05, 3.63) is 64.9 Å². The molecule has 0 fully saturated rings. The van der Waals surface area contributed by atoms with Gasteiger partial charge in [0, 0.05) is 29.3 Å². The maximum absolute atomic E-state index is 14.0. The van der Waals surface area contributed by atoms with E-state index in [9.17, 15) is 23.5 Å². The Morgan fingerprint density at radius 1 is 1.19 bits per heavy atom. The molecule has 0 aliphatic heterocycles. The van der Waals surface area contributed by atoms with Crippen LogP contribution in [0.2, 0.25) is 0 Å². The highest BCUT2D eigenvalue weighted by molar-refractivity contribution is 6.05. The van der Waals surface area contributed by atoms with Crippen molar-refractivity contribution in [2.45, 2.75) is 20.3 Å². The molecule has 0 aliphatic carbocycles. The van der Waals surface area contributed by atoms with Crippen molar-refractivity contribution in [2.24, 2.45) is 0 Å². The van der Waals surface area contributed by atoms with Gasteiger partial charge in [-0.2, -0.15) is 0 Å². The maximum atomic E-state index is 14.0. The van der Waals surface area contributed by atoms with Crippen LogP contribution in [0.5, 0.6) is 5.75 Å². The summed E-state index contributed by atoms with van der Waals surface area (Å²) < 4.78 is 28.7. The number of aromatic hydroxyl groups is 1. The minimum atomic E-state index is -0.891. The van der Waals surface area contributed by atoms with E-state index in [1.54, 1.807) is 13.8 Å². The SMILES string of the molecule is CCNC(=O)Cc1c(C)n(C(=O)c2cccc(F)c2)c2cc(F)c(O)cc12. The lowest BCUT2D eigenvalue weighted by Gasteiger charge is -2.08. The van der Waals surface area contributed by atoms with Crippen LogP contribution in [0.1, 0.15) is 28.5 Å². The smallest absolute Gasteiger partial charge is 0.262 e. The zero-order valence-corrected chi connectivity index (χ0v) is 14.8. The number of fused-ring (bicyclic) bond motifs is 1. The third-order valence-electron chi connectivity index (χ3n) is 4.39. The number of phenolic OH excluding ortho intramolecular Hbond substituents is 1. The second kappa shape index (κ2) is 7.19. The number of halogens is 2. The lowest BCUT2D eigenvalue weighted by molar-refractivity contribution is -0.120. The van der Waals surface area contributed by atoms with Crippen molar-refractivity contribution >= 4 is 22.7 Å². The number of likely N-dealkylation sites (N-methyl/N-ethyl adjacent to an activating group) is 1. The van der Waals surface area contributed by atoms with Crippen LogP contribution in [0.25, 0.3) is 10.9 Å². The summed E-state index contributed by atoms with van der Waals surface area (Å²) in [5.41, 5.74) is 1.22. The number of carbonyl (C=O) groups is 2. The summed E-state index contributed by atoms with van der Waals surface area (Å²) >= 11 is 0. The molecule has 2 aromatic carbocycles. The van der Waals surface area contributed by atoms with E-state index >= 15 is 0 Å². The normalized spacial score (nSPS) is 11.0. The van der Waals surface area contributed by atoms with Crippen LogP contribution in [0, 0.1) is 18.6 Å². The van der Waals surface area contributed by atoms with E-state index in [4.69, 9.17) is 0 Å². The molecule has 5 nitrogen and oxygen atoms in total. The number of rotatable bonds is 4. The van der Waals surface area contributed by atoms with Crippen LogP contribution in [0.15, 0.2) is 36.4 Å². The van der Waals surface area contributed by atoms with Gasteiger partial charge in [0.2, 0.25) is 5.91 Å². The minimum absolute atomic E-state index is 0.0370. The minimum Gasteiger partial charge on any atom is -0.505 e. The maximum Gasteiger partial charge on any atom is 0.262 e. The van der Waals surface area contributed by atoms with Crippen molar-refractivity contribution in [2.75, 3.05) is 6.54 Å².